The number of rotatable bonds is 9. The molecular weight excluding hydrogens is 889 g/mol. The van der Waals surface area contributed by atoms with Crippen LogP contribution in [0.15, 0.2) is 59.4 Å². The predicted octanol–water partition coefficient (Wildman–Crippen LogP) is 6.61. The molecule has 0 amide bonds. The van der Waals surface area contributed by atoms with Gasteiger partial charge in [-0.2, -0.15) is 0 Å². The fourth-order valence-corrected chi connectivity index (χ4v) is 19.5. The molecule has 7 heterocycles. The molecule has 378 valence electrons. The van der Waals surface area contributed by atoms with Crippen molar-refractivity contribution in [2.24, 2.45) is 69.0 Å². The number of cyclic esters (lactones) is 2. The summed E-state index contributed by atoms with van der Waals surface area (Å²) in [6, 6.07) is 12.9. The van der Waals surface area contributed by atoms with Gasteiger partial charge in [0.15, 0.2) is 11.9 Å². The molecule has 11 aliphatic rings. The standard InChI is InChI=1S/C57H74N2O11/c1-52(2)45-44(62)46(63)56(36-13-9-12-33(25-36)24-32-10-5-4-6-11-32)43(55(45)30-67-51(65)54(50(55)70-52)19-7-8-20-54)16-21-53(3)47(68-49(64)48-57(53,56)69-48)38-18-23-66-42(38)27-39(41(61)29-60)34-14-15-37-35(26-34)17-22-59-31-58-28-40(37)59/h4-6,10-11,17-18,22-23,33-37,39-41,43,45-48,50,58,60-61,63H,7-9,12-16,19-21,24-31H2,1-3H3. The van der Waals surface area contributed by atoms with E-state index < -0.39 is 75.3 Å². The summed E-state index contributed by atoms with van der Waals surface area (Å²) in [6.45, 7) is 7.59. The van der Waals surface area contributed by atoms with Gasteiger partial charge in [0.05, 0.1) is 48.7 Å². The Bertz CT molecular complexity index is 2430. The van der Waals surface area contributed by atoms with Gasteiger partial charge >= 0.3 is 11.9 Å². The first-order valence-electron chi connectivity index (χ1n) is 27.2. The number of Topliss-reactive ketones (excluding diaryl/α,β-unsaturated/α-hetero) is 1. The number of ketones is 1. The Labute approximate surface area is 411 Å². The van der Waals surface area contributed by atoms with Crippen molar-refractivity contribution in [3.05, 3.63) is 71.8 Å². The Morgan fingerprint density at radius 1 is 0.914 bits per heavy atom. The minimum atomic E-state index is -1.48. The van der Waals surface area contributed by atoms with E-state index in [-0.39, 0.29) is 54.6 Å². The number of esters is 2. The van der Waals surface area contributed by atoms with Gasteiger partial charge in [-0.05, 0) is 137 Å². The van der Waals surface area contributed by atoms with Crippen molar-refractivity contribution in [2.45, 2.75) is 165 Å². The second-order valence-corrected chi connectivity index (χ2v) is 25.2. The SMILES string of the molecule is CC1(C)OC2C3(CCCC3)C(=O)OCC23C1C(=O)C(O)C1(C2CCCC(Cc4ccccc4)C2)C3CCC2(C)C(c3ccoc3CC(C(O)CO)C3CCC4C(C=CN5CNCC45)C3)OC(=O)C3OC321. The average Bonchev–Trinajstić information content (AvgIpc) is 3.81. The highest BCUT2D eigenvalue weighted by atomic mass is 16.7. The number of hydrogen-bond acceptors (Lipinski definition) is 13. The van der Waals surface area contributed by atoms with E-state index in [1.54, 1.807) is 6.26 Å². The second kappa shape index (κ2) is 16.2. The molecule has 2 aromatic rings. The van der Waals surface area contributed by atoms with Crippen LogP contribution in [-0.2, 0) is 46.2 Å². The summed E-state index contributed by atoms with van der Waals surface area (Å²) in [6.07, 6.45) is 12.9. The maximum atomic E-state index is 16.0. The van der Waals surface area contributed by atoms with Gasteiger partial charge in [-0.3, -0.25) is 14.9 Å². The van der Waals surface area contributed by atoms with Crippen molar-refractivity contribution in [1.82, 2.24) is 10.2 Å². The van der Waals surface area contributed by atoms with Crippen LogP contribution in [0.3, 0.4) is 0 Å². The zero-order valence-corrected chi connectivity index (χ0v) is 41.3. The summed E-state index contributed by atoms with van der Waals surface area (Å²) in [5.74, 6) is -0.753. The Morgan fingerprint density at radius 2 is 1.73 bits per heavy atom. The van der Waals surface area contributed by atoms with Gasteiger partial charge in [0, 0.05) is 40.8 Å². The van der Waals surface area contributed by atoms with Crippen LogP contribution in [0.1, 0.15) is 127 Å². The molecule has 0 radical (unpaired) electrons. The number of carbonyl (C=O) groups excluding carboxylic acids is 3. The molecule has 0 bridgehead atoms. The third-order valence-electron chi connectivity index (χ3n) is 22.0. The van der Waals surface area contributed by atoms with E-state index in [9.17, 15) is 20.1 Å². The fourth-order valence-electron chi connectivity index (χ4n) is 19.5. The molecule has 18 unspecified atom stereocenters. The lowest BCUT2D eigenvalue weighted by atomic mass is 9.32. The zero-order chi connectivity index (χ0) is 48.2. The first-order chi connectivity index (χ1) is 33.7. The number of carbonyl (C=O) groups is 3. The first kappa shape index (κ1) is 46.2. The number of epoxide rings is 1. The number of nitrogens with one attached hydrogen (secondary N) is 1. The number of hydrogen-bond donors (Lipinski definition) is 4. The first-order valence-corrected chi connectivity index (χ1v) is 27.2. The normalized spacial score (nSPS) is 45.8. The molecule has 70 heavy (non-hydrogen) atoms. The minimum absolute atomic E-state index is 0.0253. The third-order valence-corrected chi connectivity index (χ3v) is 22.0. The van der Waals surface area contributed by atoms with E-state index in [0.29, 0.717) is 61.3 Å². The molecule has 1 aromatic carbocycles. The highest BCUT2D eigenvalue weighted by Gasteiger charge is 2.93. The number of aliphatic hydroxyl groups is 3. The predicted molar refractivity (Wildman–Crippen MR) is 254 cm³/mol. The van der Waals surface area contributed by atoms with Gasteiger partial charge in [-0.25, -0.2) is 4.79 Å². The van der Waals surface area contributed by atoms with Crippen LogP contribution in [0.4, 0.5) is 0 Å². The maximum absolute atomic E-state index is 16.0. The molecule has 4 N–H and O–H groups in total. The van der Waals surface area contributed by atoms with Gasteiger partial charge in [0.2, 0.25) is 0 Å². The lowest BCUT2D eigenvalue weighted by Gasteiger charge is -2.70. The Hall–Kier alpha value is -3.59. The number of ether oxygens (including phenoxy) is 4. The number of allylic oxidation sites excluding steroid dienone is 1. The molecule has 18 atom stereocenters. The molecule has 13 rings (SSSR count). The van der Waals surface area contributed by atoms with Crippen molar-refractivity contribution in [2.75, 3.05) is 26.4 Å². The summed E-state index contributed by atoms with van der Waals surface area (Å²) in [5, 5.41) is 39.5. The molecule has 13 heteroatoms. The van der Waals surface area contributed by atoms with Crippen molar-refractivity contribution < 1.29 is 53.1 Å². The van der Waals surface area contributed by atoms with Crippen LogP contribution in [-0.4, -0.2) is 106 Å². The molecule has 3 spiro atoms. The summed E-state index contributed by atoms with van der Waals surface area (Å²) >= 11 is 0. The minimum Gasteiger partial charge on any atom is -0.469 e. The van der Waals surface area contributed by atoms with Crippen LogP contribution >= 0.6 is 0 Å². The average molecular weight is 963 g/mol. The number of fused-ring (bicyclic) bond motifs is 5. The highest BCUT2D eigenvalue weighted by Crippen LogP contribution is 2.83. The third kappa shape index (κ3) is 6.02. The topological polar surface area (TPSA) is 181 Å². The lowest BCUT2D eigenvalue weighted by Crippen LogP contribution is -2.80. The van der Waals surface area contributed by atoms with Crippen molar-refractivity contribution in [3.63, 3.8) is 0 Å². The summed E-state index contributed by atoms with van der Waals surface area (Å²) in [7, 11) is 0. The van der Waals surface area contributed by atoms with E-state index in [4.69, 9.17) is 23.4 Å². The van der Waals surface area contributed by atoms with E-state index in [0.717, 1.165) is 77.4 Å². The van der Waals surface area contributed by atoms with Crippen LogP contribution in [0.2, 0.25) is 0 Å². The monoisotopic (exact) mass is 963 g/mol. The van der Waals surface area contributed by atoms with Crippen molar-refractivity contribution >= 4 is 17.7 Å². The van der Waals surface area contributed by atoms with Gasteiger partial charge in [0.25, 0.3) is 0 Å². The van der Waals surface area contributed by atoms with Gasteiger partial charge in [-0.15, -0.1) is 0 Å². The number of aliphatic hydroxyl groups excluding tert-OH is 3. The van der Waals surface area contributed by atoms with E-state index in [2.05, 4.69) is 53.7 Å². The second-order valence-electron chi connectivity index (χ2n) is 25.2. The molecule has 5 saturated heterocycles. The fraction of sp³-hybridized carbons (Fsp3) is 0.737. The number of benzene rings is 1. The largest absolute Gasteiger partial charge is 0.469 e. The van der Waals surface area contributed by atoms with Crippen LogP contribution in [0.5, 0.6) is 0 Å². The van der Waals surface area contributed by atoms with Crippen molar-refractivity contribution in [1.29, 1.82) is 0 Å². The molecule has 6 aliphatic heterocycles. The van der Waals surface area contributed by atoms with Gasteiger partial charge < -0.3 is 43.6 Å². The number of nitrogens with zero attached hydrogens (tertiary/aromatic N) is 1. The Morgan fingerprint density at radius 3 is 2.53 bits per heavy atom. The molecule has 1 aromatic heterocycles. The van der Waals surface area contributed by atoms with Gasteiger partial charge in [-0.1, -0.05) is 69.0 Å². The summed E-state index contributed by atoms with van der Waals surface area (Å²) < 4.78 is 34.1. The summed E-state index contributed by atoms with van der Waals surface area (Å²) in [4.78, 5) is 47.8. The number of furan rings is 1. The van der Waals surface area contributed by atoms with Gasteiger partial charge in [0.1, 0.15) is 30.2 Å². The Kier molecular flexibility index (Phi) is 10.7. The molecule has 13 nitrogen and oxygen atoms in total. The van der Waals surface area contributed by atoms with Crippen LogP contribution < -0.4 is 5.32 Å². The zero-order valence-electron chi connectivity index (χ0n) is 41.3. The maximum Gasteiger partial charge on any atom is 0.339 e. The molecule has 5 saturated carbocycles. The van der Waals surface area contributed by atoms with Crippen LogP contribution in [0.25, 0.3) is 0 Å². The van der Waals surface area contributed by atoms with E-state index in [1.165, 1.54) is 5.56 Å². The van der Waals surface area contributed by atoms with E-state index >= 15 is 9.59 Å². The summed E-state index contributed by atoms with van der Waals surface area (Å²) in [5.41, 5.74) is -4.39. The van der Waals surface area contributed by atoms with E-state index in [1.807, 2.05) is 26.0 Å². The smallest absolute Gasteiger partial charge is 0.339 e. The molecular formula is C57H74N2O11. The highest BCUT2D eigenvalue weighted by molar-refractivity contribution is 5.93. The molecule has 5 aliphatic carbocycles. The lowest BCUT2D eigenvalue weighted by molar-refractivity contribution is -0.285. The quantitative estimate of drug-likeness (QED) is 0.156. The van der Waals surface area contributed by atoms with Crippen LogP contribution in [0, 0.1) is 69.0 Å². The van der Waals surface area contributed by atoms with Crippen molar-refractivity contribution in [3.8, 4) is 0 Å². The molecule has 10 fully saturated rings. The Balaban J connectivity index is 0.919.